The number of halogens is 2. The van der Waals surface area contributed by atoms with Crippen molar-refractivity contribution >= 4 is 39.9 Å². The normalized spacial score (nSPS) is 18.9. The molecule has 0 amide bonds. The molecule has 0 aliphatic carbocycles. The van der Waals surface area contributed by atoms with Gasteiger partial charge in [0.05, 0.1) is 16.1 Å². The first-order valence-corrected chi connectivity index (χ1v) is 10.2. The molecule has 3 aromatic rings. The minimum absolute atomic E-state index is 0.266. The molecule has 0 radical (unpaired) electrons. The van der Waals surface area contributed by atoms with E-state index < -0.39 is 12.0 Å². The van der Waals surface area contributed by atoms with Gasteiger partial charge in [0.2, 0.25) is 0 Å². The van der Waals surface area contributed by atoms with Gasteiger partial charge < -0.3 is 5.11 Å². The molecule has 2 atom stereocenters. The number of hydrogen-bond donors (Lipinski definition) is 1. The predicted molar refractivity (Wildman–Crippen MR) is 114 cm³/mol. The largest absolute Gasteiger partial charge is 0.480 e. The number of carboxylic acids is 1. The maximum absolute atomic E-state index is 12.0. The summed E-state index contributed by atoms with van der Waals surface area (Å²) in [6.07, 6.45) is 2.52. The Hall–Kier alpha value is -2.07. The van der Waals surface area contributed by atoms with Crippen LogP contribution in [0.5, 0.6) is 0 Å². The molecule has 0 spiro atoms. The summed E-state index contributed by atoms with van der Waals surface area (Å²) in [4.78, 5) is 14.1. The van der Waals surface area contributed by atoms with Crippen LogP contribution in [0.15, 0.2) is 60.7 Å². The molecule has 3 nitrogen and oxygen atoms in total. The van der Waals surface area contributed by atoms with Crippen LogP contribution in [0.2, 0.25) is 10.0 Å². The molecule has 2 unspecified atom stereocenters. The smallest absolute Gasteiger partial charge is 0.320 e. The van der Waals surface area contributed by atoms with Gasteiger partial charge in [0.25, 0.3) is 0 Å². The van der Waals surface area contributed by atoms with Gasteiger partial charge in [-0.15, -0.1) is 0 Å². The summed E-state index contributed by atoms with van der Waals surface area (Å²) < 4.78 is 0. The minimum atomic E-state index is -0.788. The highest BCUT2D eigenvalue weighted by molar-refractivity contribution is 6.42. The Morgan fingerprint density at radius 3 is 2.57 bits per heavy atom. The Balaban J connectivity index is 1.89. The lowest BCUT2D eigenvalue weighted by Gasteiger charge is -2.40. The summed E-state index contributed by atoms with van der Waals surface area (Å²) in [7, 11) is 0. The standard InChI is InChI=1S/C23H21Cl2NO2/c24-19-9-5-8-18(21(19)25)22(26-13-4-3-10-20(26)23(27)28)17-12-11-15-6-1-2-7-16(15)14-17/h1-2,5-9,11-12,14,20,22H,3-4,10,13H2,(H,27,28). The molecule has 28 heavy (non-hydrogen) atoms. The van der Waals surface area contributed by atoms with E-state index in [1.54, 1.807) is 6.07 Å². The number of nitrogens with zero attached hydrogens (tertiary/aromatic N) is 1. The second-order valence-corrected chi connectivity index (χ2v) is 8.02. The van der Waals surface area contributed by atoms with Gasteiger partial charge in [0, 0.05) is 0 Å². The van der Waals surface area contributed by atoms with Crippen molar-refractivity contribution in [1.29, 1.82) is 0 Å². The van der Waals surface area contributed by atoms with E-state index >= 15 is 0 Å². The molecule has 0 bridgehead atoms. The Morgan fingerprint density at radius 1 is 1.00 bits per heavy atom. The van der Waals surface area contributed by atoms with Crippen molar-refractivity contribution in [1.82, 2.24) is 4.90 Å². The third kappa shape index (κ3) is 3.62. The van der Waals surface area contributed by atoms with E-state index in [9.17, 15) is 9.90 Å². The van der Waals surface area contributed by atoms with Crippen LogP contribution in [-0.2, 0) is 4.79 Å². The fraction of sp³-hybridized carbons (Fsp3) is 0.261. The van der Waals surface area contributed by atoms with Crippen LogP contribution in [0.4, 0.5) is 0 Å². The number of benzene rings is 3. The highest BCUT2D eigenvalue weighted by Crippen LogP contribution is 2.40. The first-order chi connectivity index (χ1) is 13.6. The second kappa shape index (κ2) is 8.12. The average molecular weight is 414 g/mol. The van der Waals surface area contributed by atoms with Crippen LogP contribution in [-0.4, -0.2) is 28.6 Å². The molecule has 1 aliphatic rings. The zero-order valence-corrected chi connectivity index (χ0v) is 16.8. The Labute approximate surface area is 174 Å². The summed E-state index contributed by atoms with van der Waals surface area (Å²) in [6, 6.07) is 19.2. The number of fused-ring (bicyclic) bond motifs is 1. The third-order valence-corrected chi connectivity index (χ3v) is 6.36. The molecule has 144 valence electrons. The van der Waals surface area contributed by atoms with Gasteiger partial charge in [-0.05, 0) is 53.4 Å². The first-order valence-electron chi connectivity index (χ1n) is 9.47. The van der Waals surface area contributed by atoms with Gasteiger partial charge in [-0.3, -0.25) is 9.69 Å². The van der Waals surface area contributed by atoms with Crippen LogP contribution < -0.4 is 0 Å². The number of carbonyl (C=O) groups is 1. The Bertz CT molecular complexity index is 1020. The van der Waals surface area contributed by atoms with Crippen molar-refractivity contribution in [2.75, 3.05) is 6.54 Å². The van der Waals surface area contributed by atoms with Crippen LogP contribution in [0.1, 0.15) is 36.4 Å². The van der Waals surface area contributed by atoms with E-state index in [1.807, 2.05) is 24.3 Å². The predicted octanol–water partition coefficient (Wildman–Crippen LogP) is 6.18. The highest BCUT2D eigenvalue weighted by atomic mass is 35.5. The van der Waals surface area contributed by atoms with Crippen molar-refractivity contribution in [3.05, 3.63) is 81.8 Å². The molecule has 1 aliphatic heterocycles. The van der Waals surface area contributed by atoms with E-state index in [1.165, 1.54) is 0 Å². The molecule has 5 heteroatoms. The average Bonchev–Trinajstić information content (AvgIpc) is 2.71. The van der Waals surface area contributed by atoms with Gasteiger partial charge in [-0.25, -0.2) is 0 Å². The van der Waals surface area contributed by atoms with E-state index in [2.05, 4.69) is 35.2 Å². The first kappa shape index (κ1) is 19.3. The summed E-state index contributed by atoms with van der Waals surface area (Å²) in [6.45, 7) is 0.706. The number of likely N-dealkylation sites (tertiary alicyclic amines) is 1. The Kier molecular flexibility index (Phi) is 5.58. The molecular weight excluding hydrogens is 393 g/mol. The molecule has 1 N–H and O–H groups in total. The van der Waals surface area contributed by atoms with Crippen molar-refractivity contribution < 1.29 is 9.90 Å². The molecule has 0 saturated carbocycles. The quantitative estimate of drug-likeness (QED) is 0.555. The molecule has 0 aromatic heterocycles. The van der Waals surface area contributed by atoms with Gasteiger partial charge in [-0.2, -0.15) is 0 Å². The van der Waals surface area contributed by atoms with Gasteiger partial charge in [-0.1, -0.05) is 78.2 Å². The van der Waals surface area contributed by atoms with Crippen molar-refractivity contribution in [3.63, 3.8) is 0 Å². The SMILES string of the molecule is O=C(O)C1CCCCN1C(c1ccc2ccccc2c1)c1cccc(Cl)c1Cl. The summed E-state index contributed by atoms with van der Waals surface area (Å²) >= 11 is 12.9. The van der Waals surface area contributed by atoms with E-state index in [-0.39, 0.29) is 6.04 Å². The van der Waals surface area contributed by atoms with Crippen LogP contribution in [0, 0.1) is 0 Å². The van der Waals surface area contributed by atoms with E-state index in [0.717, 1.165) is 34.7 Å². The lowest BCUT2D eigenvalue weighted by Crippen LogP contribution is -2.46. The monoisotopic (exact) mass is 413 g/mol. The van der Waals surface area contributed by atoms with Gasteiger partial charge >= 0.3 is 5.97 Å². The fourth-order valence-corrected chi connectivity index (χ4v) is 4.60. The summed E-state index contributed by atoms with van der Waals surface area (Å²) in [5, 5.41) is 13.1. The van der Waals surface area contributed by atoms with Crippen LogP contribution >= 0.6 is 23.2 Å². The molecule has 1 saturated heterocycles. The highest BCUT2D eigenvalue weighted by Gasteiger charge is 2.36. The van der Waals surface area contributed by atoms with Crippen molar-refractivity contribution in [2.24, 2.45) is 0 Å². The van der Waals surface area contributed by atoms with Gasteiger partial charge in [0.15, 0.2) is 0 Å². The third-order valence-electron chi connectivity index (χ3n) is 5.53. The zero-order valence-electron chi connectivity index (χ0n) is 15.3. The zero-order chi connectivity index (χ0) is 19.7. The van der Waals surface area contributed by atoms with E-state index in [0.29, 0.717) is 23.0 Å². The van der Waals surface area contributed by atoms with Crippen molar-refractivity contribution in [2.45, 2.75) is 31.3 Å². The number of rotatable bonds is 4. The van der Waals surface area contributed by atoms with Crippen LogP contribution in [0.3, 0.4) is 0 Å². The molecule has 4 rings (SSSR count). The van der Waals surface area contributed by atoms with E-state index in [4.69, 9.17) is 23.2 Å². The molecule has 3 aromatic carbocycles. The Morgan fingerprint density at radius 2 is 1.79 bits per heavy atom. The molecule has 1 heterocycles. The topological polar surface area (TPSA) is 40.5 Å². The number of carboxylic acid groups (broad SMARTS) is 1. The lowest BCUT2D eigenvalue weighted by atomic mass is 9.90. The van der Waals surface area contributed by atoms with Gasteiger partial charge in [0.1, 0.15) is 6.04 Å². The molecule has 1 fully saturated rings. The maximum atomic E-state index is 12.0. The summed E-state index contributed by atoms with van der Waals surface area (Å²) in [5.74, 6) is -0.788. The number of piperidine rings is 1. The maximum Gasteiger partial charge on any atom is 0.320 e. The minimum Gasteiger partial charge on any atom is -0.480 e. The summed E-state index contributed by atoms with van der Waals surface area (Å²) in [5.41, 5.74) is 1.87. The van der Waals surface area contributed by atoms with Crippen molar-refractivity contribution in [3.8, 4) is 0 Å². The second-order valence-electron chi connectivity index (χ2n) is 7.24. The number of hydrogen-bond acceptors (Lipinski definition) is 2. The fourth-order valence-electron chi connectivity index (χ4n) is 4.19. The number of aliphatic carboxylic acids is 1. The molecular formula is C23H21Cl2NO2. The van der Waals surface area contributed by atoms with Crippen LogP contribution in [0.25, 0.3) is 10.8 Å². The lowest BCUT2D eigenvalue weighted by molar-refractivity contribution is -0.145.